The van der Waals surface area contributed by atoms with Crippen LogP contribution in [0.2, 0.25) is 0 Å². The van der Waals surface area contributed by atoms with Crippen molar-refractivity contribution in [1.29, 1.82) is 0 Å². The molecule has 1 aromatic heterocycles. The van der Waals surface area contributed by atoms with Gasteiger partial charge < -0.3 is 15.3 Å². The van der Waals surface area contributed by atoms with Gasteiger partial charge in [-0.25, -0.2) is 0 Å². The summed E-state index contributed by atoms with van der Waals surface area (Å²) < 4.78 is 0. The summed E-state index contributed by atoms with van der Waals surface area (Å²) in [6, 6.07) is 0. The molecule has 3 nitrogen and oxygen atoms in total. The molecule has 1 rings (SSSR count). The second kappa shape index (κ2) is 1.80. The lowest BCUT2D eigenvalue weighted by Gasteiger charge is -1.85. The van der Waals surface area contributed by atoms with Gasteiger partial charge in [-0.05, 0) is 6.92 Å². The molecule has 0 radical (unpaired) electrons. The van der Waals surface area contributed by atoms with E-state index in [0.717, 1.165) is 11.3 Å². The highest BCUT2D eigenvalue weighted by atomic mass is 32.1. The van der Waals surface area contributed by atoms with Gasteiger partial charge >= 0.3 is 0 Å². The number of aromatic hydroxyl groups is 3. The number of aryl methyl sites for hydroxylation is 1. The van der Waals surface area contributed by atoms with Crippen molar-refractivity contribution >= 4 is 11.3 Å². The van der Waals surface area contributed by atoms with Crippen molar-refractivity contribution in [2.45, 2.75) is 6.92 Å². The molecule has 0 aliphatic carbocycles. The fourth-order valence-corrected chi connectivity index (χ4v) is 1.19. The molecule has 0 aromatic carbocycles. The lowest BCUT2D eigenvalue weighted by molar-refractivity contribution is 0.377. The predicted molar refractivity (Wildman–Crippen MR) is 34.1 cm³/mol. The third-order valence-corrected chi connectivity index (χ3v) is 1.90. The summed E-state index contributed by atoms with van der Waals surface area (Å²) >= 11 is 0.951. The van der Waals surface area contributed by atoms with Gasteiger partial charge in [0.25, 0.3) is 0 Å². The lowest BCUT2D eigenvalue weighted by Crippen LogP contribution is -1.59. The number of thiophene rings is 1. The van der Waals surface area contributed by atoms with E-state index in [-0.39, 0.29) is 10.8 Å². The molecule has 0 aliphatic heterocycles. The molecule has 1 aromatic rings. The van der Waals surface area contributed by atoms with Crippen LogP contribution in [0.15, 0.2) is 0 Å². The Morgan fingerprint density at radius 3 is 1.78 bits per heavy atom. The van der Waals surface area contributed by atoms with E-state index in [0.29, 0.717) is 4.88 Å². The van der Waals surface area contributed by atoms with Crippen molar-refractivity contribution in [2.24, 2.45) is 0 Å². The molecule has 4 heteroatoms. The van der Waals surface area contributed by atoms with Gasteiger partial charge in [-0.3, -0.25) is 0 Å². The Labute approximate surface area is 55.8 Å². The van der Waals surface area contributed by atoms with Crippen LogP contribution in [-0.4, -0.2) is 15.3 Å². The maximum absolute atomic E-state index is 8.83. The standard InChI is InChI=1S/C5H6O3S/c1-2-3(6)4(7)5(8)9-2/h6-8H,1H3. The third kappa shape index (κ3) is 0.810. The zero-order valence-corrected chi connectivity index (χ0v) is 5.57. The number of hydrogen-bond donors (Lipinski definition) is 3. The van der Waals surface area contributed by atoms with Gasteiger partial charge in [0.05, 0.1) is 4.88 Å². The highest BCUT2D eigenvalue weighted by Crippen LogP contribution is 2.44. The number of rotatable bonds is 0. The molecule has 50 valence electrons. The van der Waals surface area contributed by atoms with Crippen LogP contribution in [0.4, 0.5) is 0 Å². The Kier molecular flexibility index (Phi) is 1.25. The third-order valence-electron chi connectivity index (χ3n) is 1.01. The monoisotopic (exact) mass is 146 g/mol. The molecule has 0 saturated carbocycles. The van der Waals surface area contributed by atoms with E-state index in [1.54, 1.807) is 6.92 Å². The predicted octanol–water partition coefficient (Wildman–Crippen LogP) is 1.17. The molecule has 1 heterocycles. The van der Waals surface area contributed by atoms with Crippen LogP contribution in [0.1, 0.15) is 4.88 Å². The Morgan fingerprint density at radius 1 is 1.11 bits per heavy atom. The molecular formula is C5H6O3S. The Balaban J connectivity index is 3.29. The van der Waals surface area contributed by atoms with E-state index in [1.165, 1.54) is 0 Å². The second-order valence-electron chi connectivity index (χ2n) is 1.66. The quantitative estimate of drug-likeness (QED) is 0.515. The molecule has 0 fully saturated rings. The molecule has 0 atom stereocenters. The first-order chi connectivity index (χ1) is 4.13. The van der Waals surface area contributed by atoms with Crippen LogP contribution in [0.5, 0.6) is 16.6 Å². The van der Waals surface area contributed by atoms with Gasteiger partial charge in [0, 0.05) is 0 Å². The topological polar surface area (TPSA) is 60.7 Å². The van der Waals surface area contributed by atoms with Crippen LogP contribution in [0.3, 0.4) is 0 Å². The molecule has 0 aliphatic rings. The van der Waals surface area contributed by atoms with E-state index >= 15 is 0 Å². The minimum absolute atomic E-state index is 0.225. The summed E-state index contributed by atoms with van der Waals surface area (Å²) in [5.74, 6) is -0.644. The first-order valence-corrected chi connectivity index (χ1v) is 3.15. The summed E-state index contributed by atoms with van der Waals surface area (Å²) in [5.41, 5.74) is 0. The average Bonchev–Trinajstić information content (AvgIpc) is 1.98. The first kappa shape index (κ1) is 6.22. The molecule has 9 heavy (non-hydrogen) atoms. The van der Waals surface area contributed by atoms with Crippen LogP contribution < -0.4 is 0 Å². The fraction of sp³-hybridized carbons (Fsp3) is 0.200. The molecule has 0 amide bonds. The molecule has 0 bridgehead atoms. The van der Waals surface area contributed by atoms with E-state index in [1.807, 2.05) is 0 Å². The maximum Gasteiger partial charge on any atom is 0.218 e. The summed E-state index contributed by atoms with van der Waals surface area (Å²) in [7, 11) is 0. The van der Waals surface area contributed by atoms with E-state index in [9.17, 15) is 0 Å². The molecule has 3 N–H and O–H groups in total. The molecule has 0 unspecified atom stereocenters. The molecule has 0 saturated heterocycles. The van der Waals surface area contributed by atoms with Gasteiger partial charge in [-0.15, -0.1) is 0 Å². The normalized spacial score (nSPS) is 9.89. The van der Waals surface area contributed by atoms with Gasteiger partial charge in [0.15, 0.2) is 5.75 Å². The van der Waals surface area contributed by atoms with Crippen LogP contribution in [-0.2, 0) is 0 Å². The van der Waals surface area contributed by atoms with Crippen LogP contribution in [0, 0.1) is 6.92 Å². The zero-order valence-electron chi connectivity index (χ0n) is 4.75. The fourth-order valence-electron chi connectivity index (χ4n) is 0.510. The summed E-state index contributed by atoms with van der Waals surface area (Å²) in [6.45, 7) is 1.61. The Bertz CT molecular complexity index is 206. The minimum atomic E-state index is -0.419. The van der Waals surface area contributed by atoms with Crippen molar-refractivity contribution in [1.82, 2.24) is 0 Å². The van der Waals surface area contributed by atoms with Gasteiger partial charge in [-0.1, -0.05) is 11.3 Å². The van der Waals surface area contributed by atoms with E-state index in [4.69, 9.17) is 15.3 Å². The lowest BCUT2D eigenvalue weighted by atomic mass is 10.4. The second-order valence-corrected chi connectivity index (χ2v) is 2.86. The van der Waals surface area contributed by atoms with Crippen molar-refractivity contribution in [3.8, 4) is 16.6 Å². The highest BCUT2D eigenvalue weighted by Gasteiger charge is 2.11. The van der Waals surface area contributed by atoms with Gasteiger partial charge in [0.1, 0.15) is 0 Å². The van der Waals surface area contributed by atoms with E-state index < -0.39 is 5.75 Å². The Hall–Kier alpha value is -0.900. The SMILES string of the molecule is Cc1sc(O)c(O)c1O. The highest BCUT2D eigenvalue weighted by molar-refractivity contribution is 7.14. The minimum Gasteiger partial charge on any atom is -0.503 e. The summed E-state index contributed by atoms with van der Waals surface area (Å²) in [5, 5.41) is 26.1. The van der Waals surface area contributed by atoms with Crippen molar-refractivity contribution < 1.29 is 15.3 Å². The number of hydrogen-bond acceptors (Lipinski definition) is 4. The molecule has 0 spiro atoms. The van der Waals surface area contributed by atoms with Crippen molar-refractivity contribution in [2.75, 3.05) is 0 Å². The zero-order chi connectivity index (χ0) is 7.02. The maximum atomic E-state index is 8.83. The van der Waals surface area contributed by atoms with Crippen LogP contribution >= 0.6 is 11.3 Å². The van der Waals surface area contributed by atoms with Gasteiger partial charge in [0.2, 0.25) is 10.8 Å². The smallest absolute Gasteiger partial charge is 0.218 e. The summed E-state index contributed by atoms with van der Waals surface area (Å²) in [4.78, 5) is 0.519. The van der Waals surface area contributed by atoms with Gasteiger partial charge in [-0.2, -0.15) is 0 Å². The van der Waals surface area contributed by atoms with Crippen molar-refractivity contribution in [3.05, 3.63) is 4.88 Å². The Morgan fingerprint density at radius 2 is 1.67 bits per heavy atom. The van der Waals surface area contributed by atoms with Crippen LogP contribution in [0.25, 0.3) is 0 Å². The first-order valence-electron chi connectivity index (χ1n) is 2.33. The van der Waals surface area contributed by atoms with E-state index in [2.05, 4.69) is 0 Å². The average molecular weight is 146 g/mol. The summed E-state index contributed by atoms with van der Waals surface area (Å²) in [6.07, 6.45) is 0. The van der Waals surface area contributed by atoms with Crippen molar-refractivity contribution in [3.63, 3.8) is 0 Å². The molecular weight excluding hydrogens is 140 g/mol. The largest absolute Gasteiger partial charge is 0.503 e.